The third kappa shape index (κ3) is 6.13. The maximum atomic E-state index is 12.7. The predicted octanol–water partition coefficient (Wildman–Crippen LogP) is 6.03. The smallest absolute Gasteiger partial charge is 0.277 e. The third-order valence-electron chi connectivity index (χ3n) is 4.37. The van der Waals surface area contributed by atoms with Gasteiger partial charge in [0.25, 0.3) is 11.1 Å². The zero-order valence-electron chi connectivity index (χ0n) is 16.9. The van der Waals surface area contributed by atoms with Crippen molar-refractivity contribution in [3.05, 3.63) is 88.4 Å². The minimum absolute atomic E-state index is 0.0232. The number of rotatable bonds is 7. The van der Waals surface area contributed by atoms with Gasteiger partial charge in [-0.15, -0.1) is 10.2 Å². The van der Waals surface area contributed by atoms with Crippen molar-refractivity contribution in [2.75, 3.05) is 16.4 Å². The monoisotopic (exact) mass is 498 g/mol. The van der Waals surface area contributed by atoms with Gasteiger partial charge in [0.05, 0.1) is 17.0 Å². The molecule has 0 bridgehead atoms. The molecular formula is C23H16Cl2N4O3S. The van der Waals surface area contributed by atoms with Crippen molar-refractivity contribution < 1.29 is 14.0 Å². The van der Waals surface area contributed by atoms with Crippen LogP contribution in [0.15, 0.2) is 82.4 Å². The van der Waals surface area contributed by atoms with Crippen LogP contribution in [0.3, 0.4) is 0 Å². The predicted molar refractivity (Wildman–Crippen MR) is 130 cm³/mol. The van der Waals surface area contributed by atoms with Gasteiger partial charge in [0.15, 0.2) is 0 Å². The van der Waals surface area contributed by atoms with E-state index in [-0.39, 0.29) is 22.8 Å². The van der Waals surface area contributed by atoms with Crippen LogP contribution >= 0.6 is 35.0 Å². The van der Waals surface area contributed by atoms with Gasteiger partial charge in [0.1, 0.15) is 0 Å². The molecule has 0 aliphatic heterocycles. The summed E-state index contributed by atoms with van der Waals surface area (Å²) in [7, 11) is 0. The molecule has 1 heterocycles. The molecule has 166 valence electrons. The number of hydrogen-bond acceptors (Lipinski definition) is 6. The molecule has 3 aromatic carbocycles. The largest absolute Gasteiger partial charge is 0.411 e. The Hall–Kier alpha value is -3.33. The Morgan fingerprint density at radius 2 is 1.52 bits per heavy atom. The Bertz CT molecular complexity index is 1280. The highest BCUT2D eigenvalue weighted by atomic mass is 35.5. The topological polar surface area (TPSA) is 97.1 Å². The van der Waals surface area contributed by atoms with Crippen molar-refractivity contribution in [2.24, 2.45) is 0 Å². The highest BCUT2D eigenvalue weighted by Crippen LogP contribution is 2.25. The van der Waals surface area contributed by atoms with Gasteiger partial charge in [-0.2, -0.15) is 0 Å². The lowest BCUT2D eigenvalue weighted by molar-refractivity contribution is -0.113. The van der Waals surface area contributed by atoms with Crippen molar-refractivity contribution in [3.8, 4) is 11.5 Å². The van der Waals surface area contributed by atoms with E-state index in [2.05, 4.69) is 20.8 Å². The van der Waals surface area contributed by atoms with Crippen LogP contribution in [0, 0.1) is 0 Å². The van der Waals surface area contributed by atoms with Crippen molar-refractivity contribution in [2.45, 2.75) is 5.22 Å². The Morgan fingerprint density at radius 3 is 2.24 bits per heavy atom. The van der Waals surface area contributed by atoms with E-state index in [0.29, 0.717) is 32.9 Å². The summed E-state index contributed by atoms with van der Waals surface area (Å²) >= 11 is 12.9. The second-order valence-corrected chi connectivity index (χ2v) is 8.52. The number of benzene rings is 3. The molecule has 4 rings (SSSR count). The van der Waals surface area contributed by atoms with Crippen LogP contribution in [-0.4, -0.2) is 27.8 Å². The number of nitrogens with one attached hydrogen (secondary N) is 2. The number of anilines is 2. The third-order valence-corrected chi connectivity index (χ3v) is 5.69. The van der Waals surface area contributed by atoms with E-state index in [1.807, 2.05) is 0 Å². The molecule has 0 spiro atoms. The number of thioether (sulfide) groups is 1. The van der Waals surface area contributed by atoms with Crippen LogP contribution in [0.4, 0.5) is 11.4 Å². The molecule has 2 amide bonds. The van der Waals surface area contributed by atoms with Crippen molar-refractivity contribution >= 4 is 58.2 Å². The van der Waals surface area contributed by atoms with E-state index >= 15 is 0 Å². The molecule has 0 unspecified atom stereocenters. The van der Waals surface area contributed by atoms with Crippen LogP contribution in [-0.2, 0) is 4.79 Å². The average Bonchev–Trinajstić information content (AvgIpc) is 3.29. The van der Waals surface area contributed by atoms with Gasteiger partial charge >= 0.3 is 0 Å². The highest BCUT2D eigenvalue weighted by molar-refractivity contribution is 7.99. The summed E-state index contributed by atoms with van der Waals surface area (Å²) in [6, 6.07) is 20.5. The maximum absolute atomic E-state index is 12.7. The van der Waals surface area contributed by atoms with Crippen LogP contribution in [0.25, 0.3) is 11.5 Å². The molecule has 10 heteroatoms. The van der Waals surface area contributed by atoms with Crippen LogP contribution < -0.4 is 10.6 Å². The van der Waals surface area contributed by atoms with Gasteiger partial charge < -0.3 is 15.1 Å². The summed E-state index contributed by atoms with van der Waals surface area (Å²) in [4.78, 5) is 25.2. The van der Waals surface area contributed by atoms with E-state index in [9.17, 15) is 9.59 Å². The van der Waals surface area contributed by atoms with E-state index in [0.717, 1.165) is 17.3 Å². The lowest BCUT2D eigenvalue weighted by Crippen LogP contribution is -2.19. The fourth-order valence-electron chi connectivity index (χ4n) is 2.81. The normalized spacial score (nSPS) is 10.6. The first kappa shape index (κ1) is 22.8. The number of hydrogen-bond donors (Lipinski definition) is 2. The Morgan fingerprint density at radius 1 is 0.848 bits per heavy atom. The van der Waals surface area contributed by atoms with Crippen LogP contribution in [0.2, 0.25) is 10.0 Å². The maximum Gasteiger partial charge on any atom is 0.277 e. The molecule has 4 aromatic rings. The Kier molecular flexibility index (Phi) is 7.29. The molecule has 2 N–H and O–H groups in total. The van der Waals surface area contributed by atoms with E-state index < -0.39 is 0 Å². The van der Waals surface area contributed by atoms with Crippen molar-refractivity contribution in [1.29, 1.82) is 0 Å². The van der Waals surface area contributed by atoms with Crippen LogP contribution in [0.1, 0.15) is 10.4 Å². The first-order chi connectivity index (χ1) is 16.0. The van der Waals surface area contributed by atoms with E-state index in [4.69, 9.17) is 27.6 Å². The second kappa shape index (κ2) is 10.5. The van der Waals surface area contributed by atoms with E-state index in [1.165, 1.54) is 0 Å². The molecule has 0 aliphatic rings. The number of carbonyl (C=O) groups is 2. The number of para-hydroxylation sites is 1. The molecule has 0 saturated carbocycles. The van der Waals surface area contributed by atoms with Gasteiger partial charge in [-0.25, -0.2) is 0 Å². The number of halogens is 2. The zero-order valence-corrected chi connectivity index (χ0v) is 19.2. The number of aromatic nitrogens is 2. The van der Waals surface area contributed by atoms with Crippen molar-refractivity contribution in [1.82, 2.24) is 10.2 Å². The summed E-state index contributed by atoms with van der Waals surface area (Å²) in [5, 5.41) is 14.9. The highest BCUT2D eigenvalue weighted by Gasteiger charge is 2.15. The average molecular weight is 499 g/mol. The number of nitrogens with zero attached hydrogens (tertiary/aromatic N) is 2. The van der Waals surface area contributed by atoms with Crippen LogP contribution in [0.5, 0.6) is 0 Å². The molecule has 0 radical (unpaired) electrons. The lowest BCUT2D eigenvalue weighted by atomic mass is 10.1. The fraction of sp³-hybridized carbons (Fsp3) is 0.0435. The molecule has 7 nitrogen and oxygen atoms in total. The fourth-order valence-corrected chi connectivity index (χ4v) is 3.63. The minimum atomic E-state index is -0.356. The lowest BCUT2D eigenvalue weighted by Gasteiger charge is -2.11. The van der Waals surface area contributed by atoms with Gasteiger partial charge in [-0.1, -0.05) is 47.1 Å². The van der Waals surface area contributed by atoms with Crippen molar-refractivity contribution in [3.63, 3.8) is 0 Å². The first-order valence-corrected chi connectivity index (χ1v) is 11.4. The quantitative estimate of drug-likeness (QED) is 0.302. The van der Waals surface area contributed by atoms with Gasteiger partial charge in [0.2, 0.25) is 11.8 Å². The molecule has 0 fully saturated rings. The summed E-state index contributed by atoms with van der Waals surface area (Å²) in [6.45, 7) is 0. The zero-order chi connectivity index (χ0) is 23.2. The van der Waals surface area contributed by atoms with Gasteiger partial charge in [-0.3, -0.25) is 9.59 Å². The Labute approximate surface area is 203 Å². The summed E-state index contributed by atoms with van der Waals surface area (Å²) in [6.07, 6.45) is 0. The first-order valence-electron chi connectivity index (χ1n) is 9.66. The molecule has 0 saturated heterocycles. The minimum Gasteiger partial charge on any atom is -0.411 e. The molecule has 1 aromatic heterocycles. The molecule has 0 aliphatic carbocycles. The van der Waals surface area contributed by atoms with E-state index in [1.54, 1.807) is 72.8 Å². The summed E-state index contributed by atoms with van der Waals surface area (Å²) in [5.41, 5.74) is 2.04. The Balaban J connectivity index is 1.37. The SMILES string of the molecule is O=C(CSc1nnc(-c2ccc(Cl)cc2)o1)Nc1ccccc1C(=O)Nc1ccc(Cl)cc1. The van der Waals surface area contributed by atoms with Gasteiger partial charge in [0, 0.05) is 21.3 Å². The molecular weight excluding hydrogens is 483 g/mol. The molecule has 0 atom stereocenters. The molecule has 33 heavy (non-hydrogen) atoms. The van der Waals surface area contributed by atoms with Gasteiger partial charge in [-0.05, 0) is 60.7 Å². The summed E-state index contributed by atoms with van der Waals surface area (Å²) < 4.78 is 5.59. The second-order valence-electron chi connectivity index (χ2n) is 6.72. The number of amides is 2. The summed E-state index contributed by atoms with van der Waals surface area (Å²) in [5.74, 6) is -0.322. The standard InChI is InChI=1S/C23H16Cl2N4O3S/c24-15-7-5-14(6-8-15)22-28-29-23(32-22)33-13-20(30)27-19-4-2-1-3-18(19)21(31)26-17-11-9-16(25)10-12-17/h1-12H,13H2,(H,26,31)(H,27,30). The number of carbonyl (C=O) groups excluding carboxylic acids is 2.